The van der Waals surface area contributed by atoms with Crippen LogP contribution in [-0.2, 0) is 14.1 Å². The molecule has 0 aromatic carbocycles. The molecule has 2 N–H and O–H groups in total. The van der Waals surface area contributed by atoms with Gasteiger partial charge in [-0.15, -0.1) is 0 Å². The molecule has 0 heterocycles. The number of rotatable bonds is 3. The molecule has 4 nitrogen and oxygen atoms in total. The summed E-state index contributed by atoms with van der Waals surface area (Å²) in [6, 6.07) is 0. The predicted molar refractivity (Wildman–Crippen MR) is 35.6 cm³/mol. The molecule has 0 amide bonds. The second kappa shape index (κ2) is 2.34. The Morgan fingerprint density at radius 1 is 1.44 bits per heavy atom. The van der Waals surface area contributed by atoms with Crippen molar-refractivity contribution in [2.45, 2.75) is 13.8 Å². The van der Waals surface area contributed by atoms with Crippen LogP contribution in [0.4, 0.5) is 0 Å². The maximum absolute atomic E-state index is 10.6. The Labute approximate surface area is 54.5 Å². The van der Waals surface area contributed by atoms with E-state index in [1.54, 1.807) is 0 Å². The van der Waals surface area contributed by atoms with Gasteiger partial charge in [-0.3, -0.25) is 13.3 Å². The van der Waals surface area contributed by atoms with Crippen LogP contribution < -0.4 is 0 Å². The Kier molecular flexibility index (Phi) is 2.35. The SMILES string of the molecule is CCOS(=O)(O)(O)CC. The summed E-state index contributed by atoms with van der Waals surface area (Å²) in [6.45, 7) is 2.95. The lowest BCUT2D eigenvalue weighted by atomic mass is 10.9. The largest absolute Gasteiger partial charge is 0.288 e. The van der Waals surface area contributed by atoms with Gasteiger partial charge < -0.3 is 0 Å². The van der Waals surface area contributed by atoms with Gasteiger partial charge in [-0.05, 0) is 13.8 Å². The molecule has 0 aromatic rings. The van der Waals surface area contributed by atoms with Crippen LogP contribution in [0.1, 0.15) is 13.8 Å². The monoisotopic (exact) mass is 156 g/mol. The predicted octanol–water partition coefficient (Wildman–Crippen LogP) is 0.724. The molecule has 0 fully saturated rings. The molecule has 0 aliphatic heterocycles. The average Bonchev–Trinajstić information content (AvgIpc) is 1.66. The Morgan fingerprint density at radius 3 is 2.00 bits per heavy atom. The Bertz CT molecular complexity index is 147. The maximum Gasteiger partial charge on any atom is 0.188 e. The second-order valence-corrected chi connectivity index (χ2v) is 4.33. The quantitative estimate of drug-likeness (QED) is 0.632. The van der Waals surface area contributed by atoms with Crippen molar-refractivity contribution in [3.05, 3.63) is 0 Å². The molecule has 0 atom stereocenters. The minimum atomic E-state index is -4.66. The molecule has 5 heteroatoms. The molecule has 0 aromatic heterocycles. The highest BCUT2D eigenvalue weighted by atomic mass is 32.3. The fraction of sp³-hybridized carbons (Fsp3) is 1.00. The third-order valence-electron chi connectivity index (χ3n) is 0.849. The van der Waals surface area contributed by atoms with Crippen molar-refractivity contribution in [1.29, 1.82) is 0 Å². The van der Waals surface area contributed by atoms with Gasteiger partial charge in [0.25, 0.3) is 0 Å². The second-order valence-electron chi connectivity index (χ2n) is 1.64. The number of hydrogen-bond acceptors (Lipinski definition) is 2. The summed E-state index contributed by atoms with van der Waals surface area (Å²) in [7, 11) is -4.66. The molecular weight excluding hydrogens is 144 g/mol. The molecule has 58 valence electrons. The summed E-state index contributed by atoms with van der Waals surface area (Å²) in [5, 5.41) is 0. The van der Waals surface area contributed by atoms with Crippen LogP contribution in [0, 0.1) is 0 Å². The van der Waals surface area contributed by atoms with Crippen LogP contribution in [-0.4, -0.2) is 25.7 Å². The van der Waals surface area contributed by atoms with E-state index in [0.717, 1.165) is 0 Å². The lowest BCUT2D eigenvalue weighted by Gasteiger charge is -2.27. The van der Waals surface area contributed by atoms with E-state index in [1.165, 1.54) is 13.8 Å². The molecule has 0 saturated carbocycles. The van der Waals surface area contributed by atoms with E-state index in [2.05, 4.69) is 4.18 Å². The van der Waals surface area contributed by atoms with E-state index in [-0.39, 0.29) is 12.4 Å². The Hall–Kier alpha value is 0.0300. The Morgan fingerprint density at radius 2 is 1.89 bits per heavy atom. The molecule has 0 saturated heterocycles. The van der Waals surface area contributed by atoms with Crippen molar-refractivity contribution < 1.29 is 17.5 Å². The smallest absolute Gasteiger partial charge is 0.188 e. The van der Waals surface area contributed by atoms with Crippen LogP contribution in [0.2, 0.25) is 0 Å². The lowest BCUT2D eigenvalue weighted by molar-refractivity contribution is 0.215. The molecular formula is C4H12O4S. The first kappa shape index (κ1) is 9.03. The first-order valence-electron chi connectivity index (χ1n) is 2.69. The molecule has 0 aliphatic rings. The van der Waals surface area contributed by atoms with E-state index in [9.17, 15) is 4.21 Å². The van der Waals surface area contributed by atoms with Crippen molar-refractivity contribution in [3.63, 3.8) is 0 Å². The first-order valence-corrected chi connectivity index (χ1v) is 4.66. The van der Waals surface area contributed by atoms with Gasteiger partial charge in [0.2, 0.25) is 0 Å². The highest BCUT2D eigenvalue weighted by molar-refractivity contribution is 8.05. The van der Waals surface area contributed by atoms with Crippen molar-refractivity contribution in [3.8, 4) is 0 Å². The molecule has 0 bridgehead atoms. The van der Waals surface area contributed by atoms with Gasteiger partial charge >= 0.3 is 0 Å². The normalized spacial score (nSPS) is 16.7. The fourth-order valence-electron chi connectivity index (χ4n) is 0.320. The summed E-state index contributed by atoms with van der Waals surface area (Å²) < 4.78 is 32.2. The van der Waals surface area contributed by atoms with Crippen LogP contribution in [0.15, 0.2) is 0 Å². The summed E-state index contributed by atoms with van der Waals surface area (Å²) in [5.74, 6) is -0.287. The van der Waals surface area contributed by atoms with Gasteiger partial charge in [-0.25, -0.2) is 4.21 Å². The molecule has 0 radical (unpaired) electrons. The fourth-order valence-corrected chi connectivity index (χ4v) is 0.961. The maximum atomic E-state index is 10.6. The highest BCUT2D eigenvalue weighted by Gasteiger charge is 2.26. The molecule has 0 unspecified atom stereocenters. The zero-order chi connectivity index (χ0) is 7.57. The van der Waals surface area contributed by atoms with Crippen molar-refractivity contribution in [1.82, 2.24) is 0 Å². The van der Waals surface area contributed by atoms with E-state index in [4.69, 9.17) is 9.11 Å². The van der Waals surface area contributed by atoms with Crippen LogP contribution >= 0.6 is 0 Å². The standard InChI is InChI=1S/C4H12O4S/c1-3-8-9(5,6,7)4-2/h3-4H2,1-2H3,(H2,5,6,7). The van der Waals surface area contributed by atoms with Gasteiger partial charge in [0.15, 0.2) is 9.91 Å². The van der Waals surface area contributed by atoms with Gasteiger partial charge in [0.1, 0.15) is 0 Å². The minimum Gasteiger partial charge on any atom is -0.288 e. The molecule has 0 rings (SSSR count). The Balaban J connectivity index is 4.14. The molecule has 9 heavy (non-hydrogen) atoms. The molecule has 0 aliphatic carbocycles. The van der Waals surface area contributed by atoms with Gasteiger partial charge in [0.05, 0.1) is 12.4 Å². The van der Waals surface area contributed by atoms with E-state index < -0.39 is 9.91 Å². The topological polar surface area (TPSA) is 66.8 Å². The van der Waals surface area contributed by atoms with Gasteiger partial charge in [-0.1, -0.05) is 0 Å². The van der Waals surface area contributed by atoms with E-state index >= 15 is 0 Å². The highest BCUT2D eigenvalue weighted by Crippen LogP contribution is 2.16. The van der Waals surface area contributed by atoms with Gasteiger partial charge in [0, 0.05) is 0 Å². The third kappa shape index (κ3) is 3.58. The zero-order valence-corrected chi connectivity index (χ0v) is 6.35. The average molecular weight is 156 g/mol. The third-order valence-corrected chi connectivity index (χ3v) is 2.55. The first-order chi connectivity index (χ1) is 3.89. The zero-order valence-electron chi connectivity index (χ0n) is 5.53. The summed E-state index contributed by atoms with van der Waals surface area (Å²) in [4.78, 5) is 0. The number of hydrogen-bond donors (Lipinski definition) is 2. The summed E-state index contributed by atoms with van der Waals surface area (Å²) in [5.41, 5.74) is 0. The molecule has 0 spiro atoms. The van der Waals surface area contributed by atoms with Crippen LogP contribution in [0.3, 0.4) is 0 Å². The van der Waals surface area contributed by atoms with Crippen molar-refractivity contribution in [2.24, 2.45) is 0 Å². The van der Waals surface area contributed by atoms with Crippen LogP contribution in [0.5, 0.6) is 0 Å². The summed E-state index contributed by atoms with van der Waals surface area (Å²) >= 11 is 0. The minimum absolute atomic E-state index is 0.0339. The van der Waals surface area contributed by atoms with Crippen molar-refractivity contribution in [2.75, 3.05) is 12.4 Å². The van der Waals surface area contributed by atoms with Gasteiger partial charge in [-0.2, -0.15) is 0 Å². The van der Waals surface area contributed by atoms with Crippen LogP contribution in [0.25, 0.3) is 0 Å². The summed E-state index contributed by atoms with van der Waals surface area (Å²) in [6.07, 6.45) is 0. The lowest BCUT2D eigenvalue weighted by Crippen LogP contribution is -2.36. The van der Waals surface area contributed by atoms with Crippen molar-refractivity contribution >= 4 is 9.91 Å². The van der Waals surface area contributed by atoms with E-state index in [0.29, 0.717) is 0 Å². The van der Waals surface area contributed by atoms with E-state index in [1.807, 2.05) is 0 Å².